The summed E-state index contributed by atoms with van der Waals surface area (Å²) in [6, 6.07) is 37.3. The van der Waals surface area contributed by atoms with Crippen LogP contribution in [0.2, 0.25) is 0 Å². The van der Waals surface area contributed by atoms with Gasteiger partial charge in [-0.25, -0.2) is 0 Å². The molecule has 0 fully saturated rings. The van der Waals surface area contributed by atoms with Gasteiger partial charge in [-0.1, -0.05) is 78.4 Å². The van der Waals surface area contributed by atoms with Crippen molar-refractivity contribution in [2.45, 2.75) is 25.7 Å². The molecule has 2 aromatic heterocycles. The Bertz CT molecular complexity index is 1950. The van der Waals surface area contributed by atoms with Crippen molar-refractivity contribution in [3.63, 3.8) is 0 Å². The standard InChI is InChI=1S/2C15H9.C12H12N2.2Au/c1-2-11-7-8-15-13(9-11)10-12-5-3-4-6-14(12)15;1-2-11-7-8-13-10-12-5-3-4-6-14(12)15(13)9-11;1-3-11(9-13-7-1)5-6-12-4-2-8-14-10-12;;/h2*3-9H,10H2;1-4,7-10H,5-6H2;;/q2*-1;;2*+1. The molecule has 4 aromatic carbocycles. The van der Waals surface area contributed by atoms with Gasteiger partial charge < -0.3 is 12.8 Å². The number of pyridine rings is 2. The van der Waals surface area contributed by atoms with Gasteiger partial charge in [0.05, 0.1) is 0 Å². The van der Waals surface area contributed by atoms with Gasteiger partial charge in [0.1, 0.15) is 0 Å². The molecule has 0 aliphatic heterocycles. The van der Waals surface area contributed by atoms with E-state index in [9.17, 15) is 0 Å². The molecule has 46 heavy (non-hydrogen) atoms. The molecule has 0 saturated carbocycles. The van der Waals surface area contributed by atoms with Gasteiger partial charge in [0.25, 0.3) is 0 Å². The van der Waals surface area contributed by atoms with Gasteiger partial charge in [0.2, 0.25) is 0 Å². The van der Waals surface area contributed by atoms with E-state index in [1.165, 1.54) is 55.6 Å². The molecular weight excluding hydrogens is 926 g/mol. The number of aromatic nitrogens is 2. The third-order valence-electron chi connectivity index (χ3n) is 8.03. The molecule has 2 aliphatic rings. The van der Waals surface area contributed by atoms with Crippen LogP contribution in [0.1, 0.15) is 44.5 Å². The summed E-state index contributed by atoms with van der Waals surface area (Å²) in [5.74, 6) is 4.87. The second-order valence-corrected chi connectivity index (χ2v) is 10.9. The van der Waals surface area contributed by atoms with E-state index in [-0.39, 0.29) is 44.8 Å². The van der Waals surface area contributed by atoms with E-state index in [1.54, 1.807) is 12.4 Å². The van der Waals surface area contributed by atoms with E-state index in [0.29, 0.717) is 0 Å². The van der Waals surface area contributed by atoms with Crippen LogP contribution in [0.25, 0.3) is 22.3 Å². The Labute approximate surface area is 303 Å². The summed E-state index contributed by atoms with van der Waals surface area (Å²) in [7, 11) is 0. The van der Waals surface area contributed by atoms with Crippen molar-refractivity contribution in [3.05, 3.63) is 191 Å². The van der Waals surface area contributed by atoms with Crippen molar-refractivity contribution in [1.82, 2.24) is 9.97 Å². The van der Waals surface area contributed by atoms with E-state index in [2.05, 4.69) is 101 Å². The van der Waals surface area contributed by atoms with E-state index in [0.717, 1.165) is 36.8 Å². The number of hydrogen-bond acceptors (Lipinski definition) is 2. The molecule has 6 aromatic rings. The van der Waals surface area contributed by atoms with Gasteiger partial charge in [-0.15, -0.1) is 35.4 Å². The zero-order chi connectivity index (χ0) is 30.1. The van der Waals surface area contributed by atoms with Crippen molar-refractivity contribution < 1.29 is 44.8 Å². The first-order valence-electron chi connectivity index (χ1n) is 14.8. The molecule has 2 heterocycles. The van der Waals surface area contributed by atoms with Crippen LogP contribution in [-0.4, -0.2) is 9.97 Å². The molecule has 0 amide bonds. The Morgan fingerprint density at radius 1 is 0.478 bits per heavy atom. The number of fused-ring (bicyclic) bond motifs is 6. The van der Waals surface area contributed by atoms with Crippen molar-refractivity contribution in [2.75, 3.05) is 0 Å². The number of rotatable bonds is 3. The minimum absolute atomic E-state index is 0. The van der Waals surface area contributed by atoms with Crippen LogP contribution in [0.4, 0.5) is 0 Å². The average molecular weight is 957 g/mol. The smallest absolute Gasteiger partial charge is 0.366 e. The molecule has 4 heteroatoms. The maximum atomic E-state index is 7.14. The Morgan fingerprint density at radius 3 is 1.52 bits per heavy atom. The molecule has 230 valence electrons. The number of aryl methyl sites for hydroxylation is 2. The first-order valence-corrected chi connectivity index (χ1v) is 14.8. The van der Waals surface area contributed by atoms with E-state index in [1.807, 2.05) is 42.7 Å². The quantitative estimate of drug-likeness (QED) is 0.101. The predicted octanol–water partition coefficient (Wildman–Crippen LogP) is 8.65. The van der Waals surface area contributed by atoms with E-state index in [4.69, 9.17) is 12.8 Å². The third-order valence-corrected chi connectivity index (χ3v) is 8.03. The molecule has 0 atom stereocenters. The maximum absolute atomic E-state index is 7.14. The average Bonchev–Trinajstić information content (AvgIpc) is 3.66. The summed E-state index contributed by atoms with van der Waals surface area (Å²) in [6.45, 7) is 0. The third kappa shape index (κ3) is 8.32. The normalized spacial score (nSPS) is 10.7. The van der Waals surface area contributed by atoms with Crippen LogP contribution in [-0.2, 0) is 70.4 Å². The first kappa shape index (κ1) is 34.6. The summed E-state index contributed by atoms with van der Waals surface area (Å²) >= 11 is 0. The van der Waals surface area contributed by atoms with Gasteiger partial charge in [-0.05, 0) is 87.9 Å². The molecule has 8 rings (SSSR count). The maximum Gasteiger partial charge on any atom is 1.00 e. The zero-order valence-electron chi connectivity index (χ0n) is 25.0. The number of benzene rings is 4. The molecule has 0 spiro atoms. The van der Waals surface area contributed by atoms with Crippen LogP contribution in [0, 0.1) is 24.7 Å². The van der Waals surface area contributed by atoms with Crippen molar-refractivity contribution in [2.24, 2.45) is 0 Å². The summed E-state index contributed by atoms with van der Waals surface area (Å²) < 4.78 is 0. The number of nitrogens with zero attached hydrogens (tertiary/aromatic N) is 2. The van der Waals surface area contributed by atoms with Crippen molar-refractivity contribution in [1.29, 1.82) is 0 Å². The fourth-order valence-electron chi connectivity index (χ4n) is 5.81. The van der Waals surface area contributed by atoms with Crippen molar-refractivity contribution >= 4 is 0 Å². The van der Waals surface area contributed by atoms with Crippen LogP contribution in [0.15, 0.2) is 134 Å². The molecule has 2 aliphatic carbocycles. The number of hydrogen-bond donors (Lipinski definition) is 0. The van der Waals surface area contributed by atoms with Crippen LogP contribution < -0.4 is 0 Å². The van der Waals surface area contributed by atoms with Gasteiger partial charge in [-0.2, -0.15) is 0 Å². The second-order valence-electron chi connectivity index (χ2n) is 10.9. The summed E-state index contributed by atoms with van der Waals surface area (Å²) in [4.78, 5) is 8.16. The SMILES string of the molecule is [Au+].[Au+].[C-]#Cc1ccc2c(c1)-c1ccccc1C2.[C-]#Cc1ccc2c(c1)Cc1ccccc1-2.c1cncc(CCc2cccnc2)c1. The molecule has 0 radical (unpaired) electrons. The van der Waals surface area contributed by atoms with Gasteiger partial charge in [0, 0.05) is 24.8 Å². The van der Waals surface area contributed by atoms with Crippen LogP contribution in [0.5, 0.6) is 0 Å². The predicted molar refractivity (Wildman–Crippen MR) is 178 cm³/mol. The zero-order valence-corrected chi connectivity index (χ0v) is 29.4. The minimum Gasteiger partial charge on any atom is -0.366 e. The second kappa shape index (κ2) is 16.9. The molecular formula is C42H30Au2N2. The molecule has 0 N–H and O–H groups in total. The Balaban J connectivity index is 0.000000153. The fraction of sp³-hybridized carbons (Fsp3) is 0.0952. The van der Waals surface area contributed by atoms with Gasteiger partial charge in [0.15, 0.2) is 0 Å². The monoisotopic (exact) mass is 956 g/mol. The fourth-order valence-corrected chi connectivity index (χ4v) is 5.81. The van der Waals surface area contributed by atoms with Gasteiger partial charge >= 0.3 is 44.8 Å². The Hall–Kier alpha value is -4.22. The van der Waals surface area contributed by atoms with Crippen LogP contribution >= 0.6 is 0 Å². The Kier molecular flexibility index (Phi) is 12.7. The Morgan fingerprint density at radius 2 is 0.957 bits per heavy atom. The molecule has 2 nitrogen and oxygen atoms in total. The summed E-state index contributed by atoms with van der Waals surface area (Å²) in [5.41, 5.74) is 14.9. The summed E-state index contributed by atoms with van der Waals surface area (Å²) in [6.07, 6.45) is 25.7. The summed E-state index contributed by atoms with van der Waals surface area (Å²) in [5, 5.41) is 0. The molecule has 0 unspecified atom stereocenters. The first-order chi connectivity index (χ1) is 21.7. The van der Waals surface area contributed by atoms with E-state index >= 15 is 0 Å². The molecule has 0 saturated heterocycles. The topological polar surface area (TPSA) is 25.8 Å². The largest absolute Gasteiger partial charge is 1.00 e. The van der Waals surface area contributed by atoms with Gasteiger partial charge in [-0.3, -0.25) is 21.8 Å². The van der Waals surface area contributed by atoms with E-state index < -0.39 is 0 Å². The minimum atomic E-state index is 0. The van der Waals surface area contributed by atoms with Crippen molar-refractivity contribution in [3.8, 4) is 34.1 Å². The molecule has 0 bridgehead atoms. The van der Waals surface area contributed by atoms with Crippen LogP contribution in [0.3, 0.4) is 0 Å².